The van der Waals surface area contributed by atoms with Gasteiger partial charge in [-0.1, -0.05) is 18.2 Å². The third-order valence-electron chi connectivity index (χ3n) is 6.99. The highest BCUT2D eigenvalue weighted by atomic mass is 19.4. The number of nitrogens with zero attached hydrogens (tertiary/aromatic N) is 2. The third kappa shape index (κ3) is 5.50. The van der Waals surface area contributed by atoms with Crippen molar-refractivity contribution >= 4 is 11.8 Å². The average Bonchev–Trinajstić information content (AvgIpc) is 2.73. The highest BCUT2D eigenvalue weighted by Crippen LogP contribution is 2.41. The minimum atomic E-state index is -4.72. The van der Waals surface area contributed by atoms with Gasteiger partial charge in [-0.15, -0.1) is 0 Å². The minimum Gasteiger partial charge on any atom is -0.370 e. The Morgan fingerprint density at radius 3 is 2.50 bits per heavy atom. The Kier molecular flexibility index (Phi) is 6.85. The molecular weight excluding hydrogens is 466 g/mol. The van der Waals surface area contributed by atoms with Crippen LogP contribution >= 0.6 is 0 Å². The van der Waals surface area contributed by atoms with E-state index in [9.17, 15) is 35.9 Å². The van der Waals surface area contributed by atoms with Crippen molar-refractivity contribution in [2.45, 2.75) is 50.1 Å². The summed E-state index contributed by atoms with van der Waals surface area (Å²) in [6.45, 7) is 1.66. The van der Waals surface area contributed by atoms with Crippen molar-refractivity contribution in [2.75, 3.05) is 32.8 Å². The molecule has 3 aliphatic rings. The lowest BCUT2D eigenvalue weighted by molar-refractivity contribution is -0.154. The van der Waals surface area contributed by atoms with E-state index in [-0.39, 0.29) is 49.2 Å². The van der Waals surface area contributed by atoms with Gasteiger partial charge in [0.25, 0.3) is 0 Å². The molecule has 3 aliphatic heterocycles. The minimum absolute atomic E-state index is 0.0135. The fourth-order valence-electron chi connectivity index (χ4n) is 5.11. The number of urea groups is 1. The van der Waals surface area contributed by atoms with Crippen LogP contribution in [-0.4, -0.2) is 66.7 Å². The maximum atomic E-state index is 13.6. The fraction of sp³-hybridized carbons (Fsp3) is 0.652. The molecule has 188 valence electrons. The van der Waals surface area contributed by atoms with E-state index in [2.05, 4.69) is 0 Å². The number of rotatable bonds is 4. The number of carbonyl (C=O) groups is 2. The second-order valence-corrected chi connectivity index (χ2v) is 9.44. The van der Waals surface area contributed by atoms with Gasteiger partial charge >= 0.3 is 18.4 Å². The molecule has 0 aromatic heterocycles. The number of benzene rings is 1. The number of likely N-dealkylation sites (tertiary alicyclic amines) is 2. The Morgan fingerprint density at radius 1 is 1.09 bits per heavy atom. The maximum Gasteiger partial charge on any atom is 0.416 e. The molecule has 1 aromatic rings. The monoisotopic (exact) mass is 492 g/mol. The number of carbonyl (C=O) groups excluding carboxylic acids is 2. The van der Waals surface area contributed by atoms with E-state index in [4.69, 9.17) is 4.74 Å². The smallest absolute Gasteiger partial charge is 0.370 e. The molecule has 0 bridgehead atoms. The summed E-state index contributed by atoms with van der Waals surface area (Å²) in [5.74, 6) is -2.16. The first-order valence-electron chi connectivity index (χ1n) is 11.3. The van der Waals surface area contributed by atoms with Gasteiger partial charge in [0.05, 0.1) is 17.6 Å². The summed E-state index contributed by atoms with van der Waals surface area (Å²) in [6, 6.07) is 3.20. The molecular formula is C23H26F6N2O3. The van der Waals surface area contributed by atoms with E-state index in [0.29, 0.717) is 45.1 Å². The zero-order chi connectivity index (χ0) is 24.7. The number of ketones is 1. The topological polar surface area (TPSA) is 49.9 Å². The Hall–Kier alpha value is -2.30. The second-order valence-electron chi connectivity index (χ2n) is 9.44. The van der Waals surface area contributed by atoms with Crippen molar-refractivity contribution in [3.05, 3.63) is 35.4 Å². The molecule has 11 heteroatoms. The Bertz CT molecular complexity index is 913. The van der Waals surface area contributed by atoms with Crippen molar-refractivity contribution in [3.63, 3.8) is 0 Å². The summed E-state index contributed by atoms with van der Waals surface area (Å²) >= 11 is 0. The molecule has 3 atom stereocenters. The average molecular weight is 492 g/mol. The van der Waals surface area contributed by atoms with Crippen LogP contribution in [0.5, 0.6) is 0 Å². The van der Waals surface area contributed by atoms with Gasteiger partial charge < -0.3 is 14.5 Å². The summed E-state index contributed by atoms with van der Waals surface area (Å²) < 4.78 is 85.2. The van der Waals surface area contributed by atoms with Gasteiger partial charge in [0, 0.05) is 38.5 Å². The van der Waals surface area contributed by atoms with E-state index < -0.39 is 29.4 Å². The molecule has 4 rings (SSSR count). The summed E-state index contributed by atoms with van der Waals surface area (Å²) in [5.41, 5.74) is -1.50. The fourth-order valence-corrected chi connectivity index (χ4v) is 5.11. The summed E-state index contributed by atoms with van der Waals surface area (Å²) in [4.78, 5) is 27.6. The molecule has 0 saturated carbocycles. The van der Waals surface area contributed by atoms with Gasteiger partial charge in [0.1, 0.15) is 6.61 Å². The number of amides is 2. The van der Waals surface area contributed by atoms with E-state index in [0.717, 1.165) is 18.2 Å². The number of halogens is 6. The largest absolute Gasteiger partial charge is 0.416 e. The number of fused-ring (bicyclic) bond motifs is 1. The van der Waals surface area contributed by atoms with Gasteiger partial charge in [0.2, 0.25) is 0 Å². The van der Waals surface area contributed by atoms with E-state index in [1.165, 1.54) is 0 Å². The Morgan fingerprint density at radius 2 is 1.82 bits per heavy atom. The molecule has 3 fully saturated rings. The first-order valence-corrected chi connectivity index (χ1v) is 11.3. The molecule has 0 N–H and O–H groups in total. The van der Waals surface area contributed by atoms with Crippen molar-refractivity contribution in [1.82, 2.24) is 9.80 Å². The number of ether oxygens (including phenoxy) is 1. The molecule has 0 aliphatic carbocycles. The summed E-state index contributed by atoms with van der Waals surface area (Å²) in [7, 11) is 0. The van der Waals surface area contributed by atoms with Gasteiger partial charge in [-0.3, -0.25) is 4.79 Å². The quantitative estimate of drug-likeness (QED) is 0.564. The molecule has 0 spiro atoms. The first kappa shape index (κ1) is 24.8. The summed E-state index contributed by atoms with van der Waals surface area (Å²) in [6.07, 6.45) is -8.58. The van der Waals surface area contributed by atoms with E-state index in [1.54, 1.807) is 9.80 Å². The SMILES string of the molecule is O=C1CO[C@H]2CCN(C(=O)N3CC(CCC(c4cccc(C(F)(F)F)c4)C(F)(F)F)C3)C[C@H]2C1. The van der Waals surface area contributed by atoms with Crippen molar-refractivity contribution in [1.29, 1.82) is 0 Å². The number of piperidine rings is 1. The van der Waals surface area contributed by atoms with Crippen molar-refractivity contribution in [3.8, 4) is 0 Å². The summed E-state index contributed by atoms with van der Waals surface area (Å²) in [5, 5.41) is 0. The molecule has 0 radical (unpaired) electrons. The lowest BCUT2D eigenvalue weighted by Gasteiger charge is -2.46. The van der Waals surface area contributed by atoms with Gasteiger partial charge in [-0.2, -0.15) is 26.3 Å². The molecule has 2 amide bonds. The zero-order valence-electron chi connectivity index (χ0n) is 18.4. The number of alkyl halides is 6. The molecule has 3 saturated heterocycles. The third-order valence-corrected chi connectivity index (χ3v) is 6.99. The van der Waals surface area contributed by atoms with Crippen molar-refractivity contribution < 1.29 is 40.7 Å². The lowest BCUT2D eigenvalue weighted by atomic mass is 9.86. The van der Waals surface area contributed by atoms with Crippen LogP contribution in [0.25, 0.3) is 0 Å². The molecule has 1 unspecified atom stereocenters. The Labute approximate surface area is 193 Å². The van der Waals surface area contributed by atoms with Gasteiger partial charge in [-0.25, -0.2) is 4.79 Å². The first-order chi connectivity index (χ1) is 15.9. The van der Waals surface area contributed by atoms with Gasteiger partial charge in [0.15, 0.2) is 5.78 Å². The molecule has 1 aromatic carbocycles. The van der Waals surface area contributed by atoms with Crippen LogP contribution in [0.2, 0.25) is 0 Å². The van der Waals surface area contributed by atoms with Crippen LogP contribution < -0.4 is 0 Å². The number of Topliss-reactive ketones (excluding diaryl/α,β-unsaturated/α-hetero) is 1. The normalized spacial score (nSPS) is 25.1. The Balaban J connectivity index is 1.30. The van der Waals surface area contributed by atoms with Crippen LogP contribution in [0, 0.1) is 11.8 Å². The standard InChI is InChI=1S/C23H26F6N2O3/c24-22(25,26)17-3-1-2-15(8-17)19(23(27,28)29)5-4-14-10-31(11-14)21(33)30-7-6-20-16(12-30)9-18(32)13-34-20/h1-3,8,14,16,19-20H,4-7,9-13H2/t16-,19?,20+/m1/s1. The number of hydrogen-bond acceptors (Lipinski definition) is 3. The van der Waals surface area contributed by atoms with Crippen molar-refractivity contribution in [2.24, 2.45) is 11.8 Å². The molecule has 3 heterocycles. The van der Waals surface area contributed by atoms with Crippen LogP contribution in [0.4, 0.5) is 31.1 Å². The van der Waals surface area contributed by atoms with Crippen LogP contribution in [-0.2, 0) is 15.7 Å². The second kappa shape index (κ2) is 9.39. The highest BCUT2D eigenvalue weighted by molar-refractivity contribution is 5.81. The van der Waals surface area contributed by atoms with Crippen LogP contribution in [0.1, 0.15) is 42.7 Å². The van der Waals surface area contributed by atoms with E-state index >= 15 is 0 Å². The predicted octanol–water partition coefficient (Wildman–Crippen LogP) is 4.86. The highest BCUT2D eigenvalue weighted by Gasteiger charge is 2.44. The maximum absolute atomic E-state index is 13.6. The van der Waals surface area contributed by atoms with E-state index in [1.807, 2.05) is 0 Å². The molecule has 5 nitrogen and oxygen atoms in total. The van der Waals surface area contributed by atoms with Gasteiger partial charge in [-0.05, 0) is 36.8 Å². The predicted molar refractivity (Wildman–Crippen MR) is 109 cm³/mol. The zero-order valence-corrected chi connectivity index (χ0v) is 18.4. The lowest BCUT2D eigenvalue weighted by Crippen LogP contribution is -2.58. The van der Waals surface area contributed by atoms with Crippen LogP contribution in [0.3, 0.4) is 0 Å². The number of hydrogen-bond donors (Lipinski definition) is 0. The van der Waals surface area contributed by atoms with Crippen LogP contribution in [0.15, 0.2) is 24.3 Å². The molecule has 34 heavy (non-hydrogen) atoms.